The van der Waals surface area contributed by atoms with Crippen LogP contribution in [0.3, 0.4) is 0 Å². The van der Waals surface area contributed by atoms with Crippen LogP contribution < -0.4 is 16.3 Å². The Morgan fingerprint density at radius 2 is 1.63 bits per heavy atom. The number of aromatic nitrogens is 5. The number of aliphatic hydroxyl groups is 1. The third-order valence-electron chi connectivity index (χ3n) is 14.3. The third-order valence-corrected chi connectivity index (χ3v) is 14.3. The van der Waals surface area contributed by atoms with Gasteiger partial charge in [-0.1, -0.05) is 30.3 Å². The molecule has 5 aromatic rings. The summed E-state index contributed by atoms with van der Waals surface area (Å²) in [6, 6.07) is 14.8. The molecule has 3 aromatic heterocycles. The van der Waals surface area contributed by atoms with E-state index in [2.05, 4.69) is 77.5 Å². The van der Waals surface area contributed by atoms with E-state index in [9.17, 15) is 32.7 Å². The Hall–Kier alpha value is -5.10. The Balaban J connectivity index is 0.750. The largest absolute Gasteiger partial charge is 0.393 e. The monoisotopic (exact) mass is 898 g/mol. The molecule has 9 rings (SSSR count). The number of hydrogen-bond acceptors (Lipinski definition) is 10. The molecule has 2 amide bonds. The number of fused-ring (bicyclic) bond motifs is 2. The normalized spacial score (nSPS) is 23.1. The van der Waals surface area contributed by atoms with Crippen molar-refractivity contribution in [2.45, 2.75) is 114 Å². The lowest BCUT2D eigenvalue weighted by atomic mass is 9.93. The number of rotatable bonds is 14. The van der Waals surface area contributed by atoms with Crippen LogP contribution in [0.2, 0.25) is 0 Å². The number of benzene rings is 2. The number of carbonyl (C=O) groups excluding carboxylic acids is 2. The predicted molar refractivity (Wildman–Crippen MR) is 243 cm³/mol. The molecule has 4 fully saturated rings. The van der Waals surface area contributed by atoms with Gasteiger partial charge in [-0.15, -0.1) is 0 Å². The fourth-order valence-electron chi connectivity index (χ4n) is 10.6. The molecule has 2 atom stereocenters. The maximum Gasteiger partial charge on any atom is 0.390 e. The number of imidazole rings is 1. The first-order valence-corrected chi connectivity index (χ1v) is 23.5. The number of piperidine rings is 2. The Morgan fingerprint density at radius 1 is 0.862 bits per heavy atom. The van der Waals surface area contributed by atoms with Gasteiger partial charge in [0.15, 0.2) is 0 Å². The van der Waals surface area contributed by atoms with Gasteiger partial charge in [0.2, 0.25) is 17.8 Å². The maximum atomic E-state index is 13.2. The number of halogens is 3. The van der Waals surface area contributed by atoms with Crippen molar-refractivity contribution in [2.24, 2.45) is 7.05 Å². The molecule has 6 heterocycles. The Labute approximate surface area is 376 Å². The number of carbonyl (C=O) groups is 2. The molecule has 348 valence electrons. The van der Waals surface area contributed by atoms with Gasteiger partial charge in [0.1, 0.15) is 11.7 Å². The van der Waals surface area contributed by atoms with E-state index >= 15 is 0 Å². The second-order valence-corrected chi connectivity index (χ2v) is 18.7. The van der Waals surface area contributed by atoms with E-state index in [1.165, 1.54) is 28.5 Å². The number of nitrogens with one attached hydrogen (secondary N) is 2. The number of likely N-dealkylation sites (tertiary alicyclic amines) is 1. The molecule has 3 aliphatic heterocycles. The summed E-state index contributed by atoms with van der Waals surface area (Å²) in [5, 5.41) is 16.1. The predicted octanol–water partition coefficient (Wildman–Crippen LogP) is 6.17. The summed E-state index contributed by atoms with van der Waals surface area (Å²) in [6.45, 7) is 8.03. The standard InChI is InChI=1S/C48H61F3N10O4/c1-56-42-27-32(9-16-40(42)61(47(56)65)41-17-18-43(63)54-45(41)64)5-2-3-21-57-22-4-6-36(30-57)59-25-23-58(24-26-59)29-33-7-10-34(11-8-33)39-31-60(35-12-14-37(62)15-13-35)44-38(39)28-53-46(55-44)52-20-19-48(49,50)51/h7-11,16,27-28,31,35-37,41,62H,2-6,12-15,17-26,29-30H2,1H3,(H,52,53,55)(H,54,63,64). The van der Waals surface area contributed by atoms with E-state index < -0.39 is 24.5 Å². The molecule has 0 spiro atoms. The summed E-state index contributed by atoms with van der Waals surface area (Å²) in [7, 11) is 1.74. The zero-order chi connectivity index (χ0) is 45.2. The molecule has 3 saturated heterocycles. The number of anilines is 1. The SMILES string of the molecule is Cn1c(=O)n(C2CCC(=O)NC2=O)c2ccc(CCCCN3CCCC(N4CCN(Cc5ccc(-c6cn(C7CCC(O)CC7)c7nc(NCCC(F)(F)F)ncc67)cc5)CC4)C3)cc21. The minimum absolute atomic E-state index is 0.137. The van der Waals surface area contributed by atoms with E-state index in [0.29, 0.717) is 31.0 Å². The van der Waals surface area contributed by atoms with Crippen molar-refractivity contribution >= 4 is 39.8 Å². The smallest absolute Gasteiger partial charge is 0.390 e. The third kappa shape index (κ3) is 10.3. The van der Waals surface area contributed by atoms with Gasteiger partial charge in [-0.2, -0.15) is 18.2 Å². The van der Waals surface area contributed by atoms with Crippen LogP contribution in [0.5, 0.6) is 0 Å². The molecule has 2 unspecified atom stereocenters. The lowest BCUT2D eigenvalue weighted by Gasteiger charge is -2.43. The summed E-state index contributed by atoms with van der Waals surface area (Å²) in [4.78, 5) is 54.4. The molecule has 0 radical (unpaired) electrons. The first-order chi connectivity index (χ1) is 31.4. The first kappa shape index (κ1) is 45.1. The highest BCUT2D eigenvalue weighted by Crippen LogP contribution is 2.37. The van der Waals surface area contributed by atoms with Crippen LogP contribution in [-0.4, -0.2) is 126 Å². The van der Waals surface area contributed by atoms with E-state index in [1.807, 2.05) is 6.07 Å². The van der Waals surface area contributed by atoms with Gasteiger partial charge in [0.05, 0.1) is 23.6 Å². The van der Waals surface area contributed by atoms with Crippen LogP contribution in [0.4, 0.5) is 19.1 Å². The molecular weight excluding hydrogens is 838 g/mol. The van der Waals surface area contributed by atoms with Crippen molar-refractivity contribution in [2.75, 3.05) is 57.7 Å². The molecule has 17 heteroatoms. The van der Waals surface area contributed by atoms with Crippen LogP contribution in [0.15, 0.2) is 59.7 Å². The van der Waals surface area contributed by atoms with Crippen LogP contribution >= 0.6 is 0 Å². The molecule has 1 aliphatic carbocycles. The van der Waals surface area contributed by atoms with Gasteiger partial charge in [-0.05, 0) is 106 Å². The lowest BCUT2D eigenvalue weighted by molar-refractivity contribution is -0.136. The Kier molecular flexibility index (Phi) is 13.4. The summed E-state index contributed by atoms with van der Waals surface area (Å²) in [5.74, 6) is -0.536. The molecule has 2 aromatic carbocycles. The summed E-state index contributed by atoms with van der Waals surface area (Å²) in [6.07, 6.45) is 7.33. The first-order valence-electron chi connectivity index (χ1n) is 23.5. The number of nitrogens with zero attached hydrogens (tertiary/aromatic N) is 8. The minimum Gasteiger partial charge on any atom is -0.393 e. The number of hydrogen-bond donors (Lipinski definition) is 3. The Morgan fingerprint density at radius 3 is 2.38 bits per heavy atom. The van der Waals surface area contributed by atoms with Gasteiger partial charge >= 0.3 is 11.9 Å². The molecule has 4 aliphatic rings. The van der Waals surface area contributed by atoms with Crippen molar-refractivity contribution in [3.8, 4) is 11.1 Å². The van der Waals surface area contributed by atoms with Gasteiger partial charge in [-0.25, -0.2) is 9.78 Å². The zero-order valence-electron chi connectivity index (χ0n) is 37.2. The molecule has 1 saturated carbocycles. The average molecular weight is 899 g/mol. The number of aliphatic hydroxyl groups excluding tert-OH is 1. The quantitative estimate of drug-likeness (QED) is 0.0874. The number of alkyl halides is 3. The second kappa shape index (κ2) is 19.4. The van der Waals surface area contributed by atoms with Crippen molar-refractivity contribution in [3.63, 3.8) is 0 Å². The van der Waals surface area contributed by atoms with Gasteiger partial charge in [0.25, 0.3) is 0 Å². The number of aryl methyl sites for hydroxylation is 2. The summed E-state index contributed by atoms with van der Waals surface area (Å²) in [5.41, 5.74) is 6.42. The van der Waals surface area contributed by atoms with E-state index in [0.717, 1.165) is 112 Å². The zero-order valence-corrected chi connectivity index (χ0v) is 37.2. The molecule has 0 bridgehead atoms. The molecule has 14 nitrogen and oxygen atoms in total. The fourth-order valence-corrected chi connectivity index (χ4v) is 10.6. The summed E-state index contributed by atoms with van der Waals surface area (Å²) >= 11 is 0. The van der Waals surface area contributed by atoms with Crippen molar-refractivity contribution < 1.29 is 27.9 Å². The van der Waals surface area contributed by atoms with Crippen LogP contribution in [0.25, 0.3) is 33.2 Å². The maximum absolute atomic E-state index is 13.2. The molecule has 3 N–H and O–H groups in total. The molecular formula is C48H61F3N10O4. The van der Waals surface area contributed by atoms with Crippen LogP contribution in [-0.2, 0) is 29.6 Å². The van der Waals surface area contributed by atoms with Gasteiger partial charge in [-0.3, -0.25) is 33.8 Å². The topological polar surface area (TPSA) is 146 Å². The van der Waals surface area contributed by atoms with E-state index in [-0.39, 0.29) is 42.7 Å². The van der Waals surface area contributed by atoms with Crippen molar-refractivity contribution in [1.29, 1.82) is 0 Å². The summed E-state index contributed by atoms with van der Waals surface area (Å²) < 4.78 is 43.8. The number of imide groups is 1. The van der Waals surface area contributed by atoms with Crippen LogP contribution in [0, 0.1) is 0 Å². The highest BCUT2D eigenvalue weighted by atomic mass is 19.4. The number of piperazine rings is 1. The lowest BCUT2D eigenvalue weighted by Crippen LogP contribution is -2.54. The van der Waals surface area contributed by atoms with Crippen molar-refractivity contribution in [1.82, 2.24) is 43.7 Å². The van der Waals surface area contributed by atoms with Gasteiger partial charge in [0, 0.05) is 94.7 Å². The van der Waals surface area contributed by atoms with Gasteiger partial charge < -0.3 is 19.9 Å². The van der Waals surface area contributed by atoms with E-state index in [1.54, 1.807) is 17.8 Å². The minimum atomic E-state index is -4.26. The highest BCUT2D eigenvalue weighted by Gasteiger charge is 2.32. The highest BCUT2D eigenvalue weighted by molar-refractivity contribution is 6.00. The number of amides is 2. The fraction of sp³-hybridized carbons (Fsp3) is 0.562. The molecule has 65 heavy (non-hydrogen) atoms. The average Bonchev–Trinajstić information content (AvgIpc) is 3.79. The second-order valence-electron chi connectivity index (χ2n) is 18.7. The van der Waals surface area contributed by atoms with Crippen LogP contribution in [0.1, 0.15) is 93.8 Å². The van der Waals surface area contributed by atoms with E-state index in [4.69, 9.17) is 4.98 Å². The Bertz CT molecular complexity index is 2540. The van der Waals surface area contributed by atoms with Crippen molar-refractivity contribution in [3.05, 3.63) is 76.5 Å². The number of unbranched alkanes of at least 4 members (excludes halogenated alkanes) is 1.